The average molecular weight is 381 g/mol. The number of para-hydroxylation sites is 1. The number of piperidine rings is 1. The van der Waals surface area contributed by atoms with Gasteiger partial charge in [0.05, 0.1) is 12.6 Å². The summed E-state index contributed by atoms with van der Waals surface area (Å²) < 4.78 is 5.93. The van der Waals surface area contributed by atoms with E-state index in [0.29, 0.717) is 6.04 Å². The Morgan fingerprint density at radius 1 is 1.18 bits per heavy atom. The Hall–Kier alpha value is -1.98. The van der Waals surface area contributed by atoms with Crippen LogP contribution in [0.2, 0.25) is 0 Å². The molecule has 0 saturated carbocycles. The van der Waals surface area contributed by atoms with Crippen molar-refractivity contribution >= 4 is 0 Å². The first-order valence-corrected chi connectivity index (χ1v) is 10.7. The summed E-state index contributed by atoms with van der Waals surface area (Å²) >= 11 is 0. The minimum atomic E-state index is 0.389. The van der Waals surface area contributed by atoms with Gasteiger partial charge in [0.2, 0.25) is 0 Å². The quantitative estimate of drug-likeness (QED) is 0.758. The van der Waals surface area contributed by atoms with Gasteiger partial charge in [0.15, 0.2) is 0 Å². The monoisotopic (exact) mass is 380 g/mol. The molecule has 4 rings (SSSR count). The zero-order chi connectivity index (χ0) is 19.3. The van der Waals surface area contributed by atoms with Crippen LogP contribution >= 0.6 is 0 Å². The number of aromatic nitrogens is 2. The maximum Gasteiger partial charge on any atom is 0.145 e. The lowest BCUT2D eigenvalue weighted by atomic mass is 10.0. The molecule has 1 saturated heterocycles. The van der Waals surface area contributed by atoms with E-state index in [4.69, 9.17) is 14.7 Å². The third-order valence-electron chi connectivity index (χ3n) is 5.93. The molecule has 2 aliphatic heterocycles. The third kappa shape index (κ3) is 4.36. The molecule has 0 aliphatic carbocycles. The Bertz CT molecular complexity index is 794. The van der Waals surface area contributed by atoms with Gasteiger partial charge in [-0.15, -0.1) is 0 Å². The van der Waals surface area contributed by atoms with Gasteiger partial charge in [-0.3, -0.25) is 9.80 Å². The summed E-state index contributed by atoms with van der Waals surface area (Å²) in [6.07, 6.45) is 7.85. The molecule has 0 bridgehead atoms. The van der Waals surface area contributed by atoms with Crippen LogP contribution < -0.4 is 4.74 Å². The zero-order valence-electron chi connectivity index (χ0n) is 17.2. The SMILES string of the molecule is CCCOc1ccccc1CN1CCc2nc([C@H]3CCCCN3C)ncc2C1. The average Bonchev–Trinajstić information content (AvgIpc) is 2.73. The summed E-state index contributed by atoms with van der Waals surface area (Å²) in [5.74, 6) is 2.04. The molecule has 2 aromatic rings. The number of benzene rings is 1. The van der Waals surface area contributed by atoms with Crippen molar-refractivity contribution in [2.24, 2.45) is 0 Å². The van der Waals surface area contributed by atoms with Crippen LogP contribution in [0.25, 0.3) is 0 Å². The summed E-state index contributed by atoms with van der Waals surface area (Å²) in [5.41, 5.74) is 3.79. The number of likely N-dealkylation sites (tertiary alicyclic amines) is 1. The van der Waals surface area contributed by atoms with E-state index in [9.17, 15) is 0 Å². The molecule has 5 nitrogen and oxygen atoms in total. The second-order valence-corrected chi connectivity index (χ2v) is 8.11. The van der Waals surface area contributed by atoms with Crippen molar-refractivity contribution in [2.75, 3.05) is 26.7 Å². The first-order chi connectivity index (χ1) is 13.7. The minimum Gasteiger partial charge on any atom is -0.493 e. The minimum absolute atomic E-state index is 0.389. The molecule has 0 amide bonds. The van der Waals surface area contributed by atoms with E-state index in [1.54, 1.807) is 0 Å². The molecular formula is C23H32N4O. The van der Waals surface area contributed by atoms with Crippen LogP contribution in [0.15, 0.2) is 30.5 Å². The predicted octanol–water partition coefficient (Wildman–Crippen LogP) is 3.98. The lowest BCUT2D eigenvalue weighted by Crippen LogP contribution is -2.33. The molecule has 0 unspecified atom stereocenters. The van der Waals surface area contributed by atoms with Crippen molar-refractivity contribution in [3.63, 3.8) is 0 Å². The molecule has 28 heavy (non-hydrogen) atoms. The van der Waals surface area contributed by atoms with Gasteiger partial charge in [-0.1, -0.05) is 31.5 Å². The van der Waals surface area contributed by atoms with Crippen LogP contribution in [0.3, 0.4) is 0 Å². The number of nitrogens with zero attached hydrogens (tertiary/aromatic N) is 4. The van der Waals surface area contributed by atoms with E-state index in [1.807, 2.05) is 0 Å². The van der Waals surface area contributed by atoms with Crippen molar-refractivity contribution in [3.8, 4) is 5.75 Å². The summed E-state index contributed by atoms with van der Waals surface area (Å²) in [6, 6.07) is 8.80. The lowest BCUT2D eigenvalue weighted by Gasteiger charge is -2.33. The first-order valence-electron chi connectivity index (χ1n) is 10.7. The number of hydrogen-bond acceptors (Lipinski definition) is 5. The molecular weight excluding hydrogens is 348 g/mol. The van der Waals surface area contributed by atoms with Crippen LogP contribution in [0.4, 0.5) is 0 Å². The molecule has 5 heteroatoms. The van der Waals surface area contributed by atoms with Gasteiger partial charge in [-0.2, -0.15) is 0 Å². The lowest BCUT2D eigenvalue weighted by molar-refractivity contribution is 0.178. The van der Waals surface area contributed by atoms with Crippen molar-refractivity contribution in [3.05, 3.63) is 53.1 Å². The maximum absolute atomic E-state index is 5.93. The Morgan fingerprint density at radius 2 is 2.07 bits per heavy atom. The predicted molar refractivity (Wildman–Crippen MR) is 111 cm³/mol. The third-order valence-corrected chi connectivity index (χ3v) is 5.93. The van der Waals surface area contributed by atoms with Gasteiger partial charge in [0.1, 0.15) is 11.6 Å². The Balaban J connectivity index is 1.44. The Morgan fingerprint density at radius 3 is 2.93 bits per heavy atom. The zero-order valence-corrected chi connectivity index (χ0v) is 17.2. The highest BCUT2D eigenvalue weighted by Gasteiger charge is 2.25. The van der Waals surface area contributed by atoms with Gasteiger partial charge in [0, 0.05) is 49.1 Å². The number of fused-ring (bicyclic) bond motifs is 1. The van der Waals surface area contributed by atoms with Crippen LogP contribution in [0.1, 0.15) is 61.3 Å². The van der Waals surface area contributed by atoms with E-state index in [0.717, 1.165) is 57.2 Å². The molecule has 150 valence electrons. The van der Waals surface area contributed by atoms with Crippen molar-refractivity contribution in [2.45, 2.75) is 58.2 Å². The molecule has 1 aromatic heterocycles. The van der Waals surface area contributed by atoms with Gasteiger partial charge in [-0.25, -0.2) is 9.97 Å². The van der Waals surface area contributed by atoms with Crippen LogP contribution in [-0.4, -0.2) is 46.5 Å². The topological polar surface area (TPSA) is 41.5 Å². The van der Waals surface area contributed by atoms with Crippen LogP contribution in [-0.2, 0) is 19.5 Å². The maximum atomic E-state index is 5.93. The van der Waals surface area contributed by atoms with Crippen molar-refractivity contribution in [1.82, 2.24) is 19.8 Å². The molecule has 2 aliphatic rings. The summed E-state index contributed by atoms with van der Waals surface area (Å²) in [6.45, 7) is 6.92. The number of ether oxygens (including phenoxy) is 1. The fraction of sp³-hybridized carbons (Fsp3) is 0.565. The van der Waals surface area contributed by atoms with Crippen LogP contribution in [0, 0.1) is 0 Å². The molecule has 1 aromatic carbocycles. The molecule has 1 fully saturated rings. The highest BCUT2D eigenvalue weighted by atomic mass is 16.5. The summed E-state index contributed by atoms with van der Waals surface area (Å²) in [7, 11) is 2.20. The van der Waals surface area contributed by atoms with E-state index >= 15 is 0 Å². The highest BCUT2D eigenvalue weighted by molar-refractivity contribution is 5.33. The van der Waals surface area contributed by atoms with Crippen molar-refractivity contribution in [1.29, 1.82) is 0 Å². The van der Waals surface area contributed by atoms with E-state index < -0.39 is 0 Å². The second kappa shape index (κ2) is 9.01. The number of rotatable bonds is 6. The Labute approximate surface area is 168 Å². The van der Waals surface area contributed by atoms with Gasteiger partial charge >= 0.3 is 0 Å². The Kier molecular flexibility index (Phi) is 6.23. The molecule has 0 spiro atoms. The molecule has 3 heterocycles. The van der Waals surface area contributed by atoms with E-state index in [1.165, 1.54) is 36.1 Å². The summed E-state index contributed by atoms with van der Waals surface area (Å²) in [4.78, 5) is 14.6. The molecule has 0 N–H and O–H groups in total. The van der Waals surface area contributed by atoms with Gasteiger partial charge < -0.3 is 4.74 Å². The fourth-order valence-electron chi connectivity index (χ4n) is 4.32. The largest absolute Gasteiger partial charge is 0.493 e. The highest BCUT2D eigenvalue weighted by Crippen LogP contribution is 2.29. The van der Waals surface area contributed by atoms with E-state index in [-0.39, 0.29) is 0 Å². The van der Waals surface area contributed by atoms with Crippen LogP contribution in [0.5, 0.6) is 5.75 Å². The van der Waals surface area contributed by atoms with E-state index in [2.05, 4.69) is 54.2 Å². The molecule has 1 atom stereocenters. The van der Waals surface area contributed by atoms with Crippen molar-refractivity contribution < 1.29 is 4.74 Å². The number of hydrogen-bond donors (Lipinski definition) is 0. The summed E-state index contributed by atoms with van der Waals surface area (Å²) in [5, 5.41) is 0. The normalized spacial score (nSPS) is 20.7. The smallest absolute Gasteiger partial charge is 0.145 e. The molecule has 0 radical (unpaired) electrons. The van der Waals surface area contributed by atoms with Gasteiger partial charge in [-0.05, 0) is 38.9 Å². The van der Waals surface area contributed by atoms with Gasteiger partial charge in [0.25, 0.3) is 0 Å². The fourth-order valence-corrected chi connectivity index (χ4v) is 4.32. The first kappa shape index (κ1) is 19.3. The standard InChI is InChI=1S/C23H32N4O/c1-3-14-28-22-10-5-4-8-18(22)16-27-13-11-20-19(17-27)15-24-23(25-20)21-9-6-7-12-26(21)2/h4-5,8,10,15,21H,3,6-7,9,11-14,16-17H2,1-2H3/t21-/m1/s1. The second-order valence-electron chi connectivity index (χ2n) is 8.11.